The first-order valence-electron chi connectivity index (χ1n) is 9.83. The standard InChI is InChI=1S/C25H25BrO4/c1-4-20-21(25(27)28-3)17(2)23(29-15-18-11-7-5-8-12-18)22(26)24(20)30-16-19-13-9-6-10-14-19/h5-14H,4,15-16H2,1-3H3. The van der Waals surface area contributed by atoms with E-state index in [4.69, 9.17) is 14.2 Å². The van der Waals surface area contributed by atoms with E-state index in [2.05, 4.69) is 15.9 Å². The Labute approximate surface area is 185 Å². The highest BCUT2D eigenvalue weighted by molar-refractivity contribution is 9.10. The van der Waals surface area contributed by atoms with Crippen molar-refractivity contribution in [2.24, 2.45) is 0 Å². The lowest BCUT2D eigenvalue weighted by Crippen LogP contribution is -2.13. The van der Waals surface area contributed by atoms with E-state index in [1.165, 1.54) is 7.11 Å². The van der Waals surface area contributed by atoms with Crippen LogP contribution in [0, 0.1) is 6.92 Å². The van der Waals surface area contributed by atoms with E-state index < -0.39 is 5.97 Å². The summed E-state index contributed by atoms with van der Waals surface area (Å²) in [5.41, 5.74) is 4.10. The Bertz CT molecular complexity index is 1000. The number of rotatable bonds is 8. The van der Waals surface area contributed by atoms with E-state index in [0.29, 0.717) is 41.2 Å². The lowest BCUT2D eigenvalue weighted by molar-refractivity contribution is 0.0597. The van der Waals surface area contributed by atoms with Gasteiger partial charge >= 0.3 is 5.97 Å². The largest absolute Gasteiger partial charge is 0.487 e. The molecule has 0 amide bonds. The number of carbonyl (C=O) groups is 1. The van der Waals surface area contributed by atoms with Crippen molar-refractivity contribution in [3.63, 3.8) is 0 Å². The fraction of sp³-hybridized carbons (Fsp3) is 0.240. The minimum Gasteiger partial charge on any atom is -0.487 e. The molecule has 5 heteroatoms. The number of esters is 1. The molecule has 3 aromatic carbocycles. The molecule has 0 aromatic heterocycles. The van der Waals surface area contributed by atoms with Gasteiger partial charge in [0.15, 0.2) is 0 Å². The van der Waals surface area contributed by atoms with Gasteiger partial charge in [0.25, 0.3) is 0 Å². The van der Waals surface area contributed by atoms with Crippen molar-refractivity contribution in [2.45, 2.75) is 33.5 Å². The molecule has 0 saturated carbocycles. The maximum Gasteiger partial charge on any atom is 0.338 e. The van der Waals surface area contributed by atoms with Crippen LogP contribution in [0.1, 0.15) is 39.5 Å². The SMILES string of the molecule is CCc1c(OCc2ccccc2)c(Br)c(OCc2ccccc2)c(C)c1C(=O)OC. The zero-order valence-corrected chi connectivity index (χ0v) is 19.0. The van der Waals surface area contributed by atoms with Crippen LogP contribution in [0.15, 0.2) is 65.1 Å². The van der Waals surface area contributed by atoms with Crippen LogP contribution in [-0.4, -0.2) is 13.1 Å². The zero-order valence-electron chi connectivity index (χ0n) is 17.4. The van der Waals surface area contributed by atoms with Crippen molar-refractivity contribution < 1.29 is 19.0 Å². The number of hydrogen-bond acceptors (Lipinski definition) is 4. The predicted octanol–water partition coefficient (Wildman–Crippen LogP) is 6.26. The number of benzene rings is 3. The Morgan fingerprint density at radius 3 is 1.83 bits per heavy atom. The summed E-state index contributed by atoms with van der Waals surface area (Å²) in [6, 6.07) is 19.8. The van der Waals surface area contributed by atoms with Gasteiger partial charge in [-0.2, -0.15) is 0 Å². The fourth-order valence-corrected chi connectivity index (χ4v) is 4.12. The lowest BCUT2D eigenvalue weighted by atomic mass is 9.97. The topological polar surface area (TPSA) is 44.8 Å². The minimum atomic E-state index is -0.397. The van der Waals surface area contributed by atoms with Crippen LogP contribution in [0.2, 0.25) is 0 Å². The second-order valence-corrected chi connectivity index (χ2v) is 7.64. The van der Waals surface area contributed by atoms with Gasteiger partial charge in [0, 0.05) is 11.1 Å². The lowest BCUT2D eigenvalue weighted by Gasteiger charge is -2.22. The molecule has 3 rings (SSSR count). The Morgan fingerprint density at radius 2 is 1.37 bits per heavy atom. The summed E-state index contributed by atoms with van der Waals surface area (Å²) in [5, 5.41) is 0. The fourth-order valence-electron chi connectivity index (χ4n) is 3.35. The molecular formula is C25H25BrO4. The third-order valence-electron chi connectivity index (χ3n) is 4.89. The molecule has 0 aliphatic carbocycles. The van der Waals surface area contributed by atoms with Crippen LogP contribution in [0.3, 0.4) is 0 Å². The summed E-state index contributed by atoms with van der Waals surface area (Å²) in [6.07, 6.45) is 0.618. The van der Waals surface area contributed by atoms with E-state index in [9.17, 15) is 4.79 Å². The molecule has 0 atom stereocenters. The van der Waals surface area contributed by atoms with Crippen LogP contribution in [0.5, 0.6) is 11.5 Å². The van der Waals surface area contributed by atoms with E-state index in [1.807, 2.05) is 74.5 Å². The smallest absolute Gasteiger partial charge is 0.338 e. The average Bonchev–Trinajstić information content (AvgIpc) is 2.78. The highest BCUT2D eigenvalue weighted by atomic mass is 79.9. The highest BCUT2D eigenvalue weighted by Gasteiger charge is 2.26. The first kappa shape index (κ1) is 21.9. The molecule has 4 nitrogen and oxygen atoms in total. The van der Waals surface area contributed by atoms with Crippen molar-refractivity contribution in [3.05, 3.63) is 93.0 Å². The average molecular weight is 469 g/mol. The van der Waals surface area contributed by atoms with E-state index in [0.717, 1.165) is 22.3 Å². The van der Waals surface area contributed by atoms with Crippen LogP contribution in [-0.2, 0) is 24.4 Å². The molecule has 0 N–H and O–H groups in total. The van der Waals surface area contributed by atoms with Crippen molar-refractivity contribution >= 4 is 21.9 Å². The first-order chi connectivity index (χ1) is 14.6. The molecule has 0 fully saturated rings. The van der Waals surface area contributed by atoms with Crippen LogP contribution in [0.4, 0.5) is 0 Å². The van der Waals surface area contributed by atoms with Gasteiger partial charge in [-0.3, -0.25) is 0 Å². The van der Waals surface area contributed by atoms with Crippen LogP contribution < -0.4 is 9.47 Å². The van der Waals surface area contributed by atoms with E-state index in [-0.39, 0.29) is 0 Å². The van der Waals surface area contributed by atoms with Gasteiger partial charge < -0.3 is 14.2 Å². The highest BCUT2D eigenvalue weighted by Crippen LogP contribution is 2.44. The molecule has 156 valence electrons. The van der Waals surface area contributed by atoms with Gasteiger partial charge in [0.1, 0.15) is 29.2 Å². The number of carbonyl (C=O) groups excluding carboxylic acids is 1. The normalized spacial score (nSPS) is 10.5. The summed E-state index contributed by atoms with van der Waals surface area (Å²) in [6.45, 7) is 4.63. The number of halogens is 1. The third kappa shape index (κ3) is 4.85. The van der Waals surface area contributed by atoms with Gasteiger partial charge in [-0.05, 0) is 40.4 Å². The molecule has 0 saturated heterocycles. The summed E-state index contributed by atoms with van der Waals surface area (Å²) in [4.78, 5) is 12.6. The molecule has 0 unspecified atom stereocenters. The first-order valence-corrected chi connectivity index (χ1v) is 10.6. The molecule has 30 heavy (non-hydrogen) atoms. The molecule has 0 aliphatic heterocycles. The van der Waals surface area contributed by atoms with Crippen molar-refractivity contribution in [1.29, 1.82) is 0 Å². The second kappa shape index (κ2) is 10.3. The van der Waals surface area contributed by atoms with Gasteiger partial charge in [-0.1, -0.05) is 67.6 Å². The quantitative estimate of drug-likeness (QED) is 0.365. The van der Waals surface area contributed by atoms with Crippen LogP contribution >= 0.6 is 15.9 Å². The minimum absolute atomic E-state index is 0.379. The zero-order chi connectivity index (χ0) is 21.5. The number of ether oxygens (including phenoxy) is 3. The molecular weight excluding hydrogens is 444 g/mol. The Hall–Kier alpha value is -2.79. The van der Waals surface area contributed by atoms with Gasteiger partial charge in [0.05, 0.1) is 12.7 Å². The van der Waals surface area contributed by atoms with Crippen LogP contribution in [0.25, 0.3) is 0 Å². The second-order valence-electron chi connectivity index (χ2n) is 6.84. The maximum absolute atomic E-state index is 12.6. The predicted molar refractivity (Wildman–Crippen MR) is 121 cm³/mol. The Kier molecular flexibility index (Phi) is 7.52. The van der Waals surface area contributed by atoms with Crippen molar-refractivity contribution in [2.75, 3.05) is 7.11 Å². The van der Waals surface area contributed by atoms with Crippen molar-refractivity contribution in [3.8, 4) is 11.5 Å². The molecule has 0 radical (unpaired) electrons. The van der Waals surface area contributed by atoms with Crippen molar-refractivity contribution in [1.82, 2.24) is 0 Å². The van der Waals surface area contributed by atoms with E-state index >= 15 is 0 Å². The van der Waals surface area contributed by atoms with Gasteiger partial charge in [-0.15, -0.1) is 0 Å². The summed E-state index contributed by atoms with van der Waals surface area (Å²) >= 11 is 3.67. The molecule has 0 aliphatic rings. The number of hydrogen-bond donors (Lipinski definition) is 0. The molecule has 0 spiro atoms. The summed E-state index contributed by atoms with van der Waals surface area (Å²) in [7, 11) is 1.39. The van der Waals surface area contributed by atoms with E-state index in [1.54, 1.807) is 0 Å². The maximum atomic E-state index is 12.6. The van der Waals surface area contributed by atoms with Gasteiger partial charge in [-0.25, -0.2) is 4.79 Å². The monoisotopic (exact) mass is 468 g/mol. The number of methoxy groups -OCH3 is 1. The molecule has 0 bridgehead atoms. The molecule has 0 heterocycles. The Balaban J connectivity index is 2.03. The summed E-state index contributed by atoms with van der Waals surface area (Å²) in [5.74, 6) is 0.793. The Morgan fingerprint density at radius 1 is 0.867 bits per heavy atom. The summed E-state index contributed by atoms with van der Waals surface area (Å²) < 4.78 is 18.1. The molecule has 3 aromatic rings. The third-order valence-corrected chi connectivity index (χ3v) is 5.61. The van der Waals surface area contributed by atoms with Gasteiger partial charge in [0.2, 0.25) is 0 Å².